The predicted octanol–water partition coefficient (Wildman–Crippen LogP) is 3.73. The Morgan fingerprint density at radius 1 is 1.24 bits per heavy atom. The van der Waals surface area contributed by atoms with Crippen LogP contribution in [0, 0.1) is 5.92 Å². The van der Waals surface area contributed by atoms with Crippen molar-refractivity contribution in [1.29, 1.82) is 0 Å². The van der Waals surface area contributed by atoms with Crippen molar-refractivity contribution in [1.82, 2.24) is 9.88 Å². The lowest BCUT2D eigenvalue weighted by Crippen LogP contribution is -2.41. The molecule has 2 atom stereocenters. The number of piperidine rings is 1. The topological polar surface area (TPSA) is 66.3 Å². The molecule has 25 heavy (non-hydrogen) atoms. The first kappa shape index (κ1) is 15.7. The van der Waals surface area contributed by atoms with Crippen molar-refractivity contribution < 1.29 is 9.21 Å². The van der Waals surface area contributed by atoms with Crippen LogP contribution in [0.25, 0.3) is 10.8 Å². The lowest BCUT2D eigenvalue weighted by Gasteiger charge is -2.37. The summed E-state index contributed by atoms with van der Waals surface area (Å²) < 4.78 is 5.57. The zero-order valence-electron chi connectivity index (χ0n) is 14.1. The van der Waals surface area contributed by atoms with Crippen LogP contribution in [0.5, 0.6) is 0 Å². The van der Waals surface area contributed by atoms with Gasteiger partial charge in [0.1, 0.15) is 11.5 Å². The second-order valence-corrected chi connectivity index (χ2v) is 6.76. The van der Waals surface area contributed by atoms with Crippen LogP contribution in [0.4, 0.5) is 0 Å². The molecule has 1 N–H and O–H groups in total. The third kappa shape index (κ3) is 2.86. The van der Waals surface area contributed by atoms with E-state index < -0.39 is 0 Å². The maximum atomic E-state index is 13.1. The van der Waals surface area contributed by atoms with E-state index in [-0.39, 0.29) is 17.5 Å². The molecule has 0 spiro atoms. The zero-order chi connectivity index (χ0) is 17.4. The Balaban J connectivity index is 1.73. The number of nitrogens with one attached hydrogen (secondary N) is 1. The van der Waals surface area contributed by atoms with E-state index in [0.29, 0.717) is 23.5 Å². The SMILES string of the molecule is C[C@@H]1CCN(C(=O)c2cc3ccccc3c(=O)[nH]2)[C@@H](c2ccco2)C1. The summed E-state index contributed by atoms with van der Waals surface area (Å²) in [5.74, 6) is 1.16. The van der Waals surface area contributed by atoms with E-state index in [1.807, 2.05) is 35.2 Å². The number of pyridine rings is 1. The van der Waals surface area contributed by atoms with Gasteiger partial charge in [-0.25, -0.2) is 0 Å². The first-order chi connectivity index (χ1) is 12.1. The molecular weight excluding hydrogens is 316 g/mol. The van der Waals surface area contributed by atoms with Gasteiger partial charge >= 0.3 is 0 Å². The van der Waals surface area contributed by atoms with Crippen LogP contribution in [-0.4, -0.2) is 22.3 Å². The number of rotatable bonds is 2. The number of furan rings is 1. The molecule has 2 aromatic heterocycles. The smallest absolute Gasteiger partial charge is 0.271 e. The summed E-state index contributed by atoms with van der Waals surface area (Å²) in [6, 6.07) is 12.7. The van der Waals surface area contributed by atoms with Gasteiger partial charge in [0.2, 0.25) is 0 Å². The van der Waals surface area contributed by atoms with E-state index in [1.165, 1.54) is 0 Å². The van der Waals surface area contributed by atoms with Crippen molar-refractivity contribution in [2.24, 2.45) is 5.92 Å². The number of nitrogens with zero attached hydrogens (tertiary/aromatic N) is 1. The van der Waals surface area contributed by atoms with Gasteiger partial charge in [0.05, 0.1) is 12.3 Å². The minimum atomic E-state index is -0.235. The van der Waals surface area contributed by atoms with Gasteiger partial charge in [-0.1, -0.05) is 25.1 Å². The summed E-state index contributed by atoms with van der Waals surface area (Å²) in [7, 11) is 0. The van der Waals surface area contributed by atoms with Crippen LogP contribution in [0.2, 0.25) is 0 Å². The third-order valence-corrected chi connectivity index (χ3v) is 4.98. The van der Waals surface area contributed by atoms with Crippen molar-refractivity contribution >= 4 is 16.7 Å². The minimum absolute atomic E-state index is 0.0961. The Labute approximate surface area is 145 Å². The zero-order valence-corrected chi connectivity index (χ0v) is 14.1. The van der Waals surface area contributed by atoms with E-state index in [4.69, 9.17) is 4.42 Å². The minimum Gasteiger partial charge on any atom is -0.467 e. The molecule has 1 aliphatic heterocycles. The number of benzene rings is 1. The molecule has 3 aromatic rings. The van der Waals surface area contributed by atoms with E-state index in [9.17, 15) is 9.59 Å². The van der Waals surface area contributed by atoms with Crippen molar-refractivity contribution in [2.75, 3.05) is 6.54 Å². The number of likely N-dealkylation sites (tertiary alicyclic amines) is 1. The number of fused-ring (bicyclic) bond motifs is 1. The Bertz CT molecular complexity index is 958. The lowest BCUT2D eigenvalue weighted by molar-refractivity contribution is 0.0515. The molecule has 5 heteroatoms. The highest BCUT2D eigenvalue weighted by Crippen LogP contribution is 2.35. The average Bonchev–Trinajstić information content (AvgIpc) is 3.15. The average molecular weight is 336 g/mol. The number of hydrogen-bond acceptors (Lipinski definition) is 3. The summed E-state index contributed by atoms with van der Waals surface area (Å²) in [6.07, 6.45) is 3.44. The van der Waals surface area contributed by atoms with Crippen LogP contribution in [-0.2, 0) is 0 Å². The van der Waals surface area contributed by atoms with Gasteiger partial charge in [0.15, 0.2) is 0 Å². The highest BCUT2D eigenvalue weighted by molar-refractivity contribution is 5.96. The van der Waals surface area contributed by atoms with Crippen LogP contribution >= 0.6 is 0 Å². The molecule has 3 heterocycles. The molecule has 1 fully saturated rings. The Kier molecular flexibility index (Phi) is 3.92. The molecule has 1 aromatic carbocycles. The highest BCUT2D eigenvalue weighted by Gasteiger charge is 2.33. The summed E-state index contributed by atoms with van der Waals surface area (Å²) in [6.45, 7) is 2.84. The van der Waals surface area contributed by atoms with Crippen LogP contribution in [0.15, 0.2) is 57.9 Å². The fraction of sp³-hybridized carbons (Fsp3) is 0.300. The number of carbonyl (C=O) groups is 1. The maximum absolute atomic E-state index is 13.1. The summed E-state index contributed by atoms with van der Waals surface area (Å²) in [5.41, 5.74) is 0.0937. The number of H-pyrrole nitrogens is 1. The van der Waals surface area contributed by atoms with Gasteiger partial charge in [-0.15, -0.1) is 0 Å². The predicted molar refractivity (Wildman–Crippen MR) is 95.5 cm³/mol. The fourth-order valence-electron chi connectivity index (χ4n) is 3.62. The molecule has 4 rings (SSSR count). The Morgan fingerprint density at radius 2 is 2.08 bits per heavy atom. The molecule has 5 nitrogen and oxygen atoms in total. The summed E-state index contributed by atoms with van der Waals surface area (Å²) in [4.78, 5) is 30.0. The van der Waals surface area contributed by atoms with Crippen LogP contribution < -0.4 is 5.56 Å². The highest BCUT2D eigenvalue weighted by atomic mass is 16.3. The molecule has 128 valence electrons. The molecule has 0 unspecified atom stereocenters. The van der Waals surface area contributed by atoms with E-state index in [0.717, 1.165) is 24.0 Å². The molecule has 0 aliphatic carbocycles. The largest absolute Gasteiger partial charge is 0.467 e. The van der Waals surface area contributed by atoms with E-state index in [2.05, 4.69) is 11.9 Å². The quantitative estimate of drug-likeness (QED) is 0.775. The van der Waals surface area contributed by atoms with Crippen LogP contribution in [0.1, 0.15) is 42.1 Å². The molecule has 1 saturated heterocycles. The normalized spacial score (nSPS) is 20.8. The standard InChI is InChI=1S/C20H20N2O3/c1-13-8-9-22(17(11-13)18-7-4-10-25-18)20(24)16-12-14-5-2-3-6-15(14)19(23)21-16/h2-7,10,12-13,17H,8-9,11H2,1H3,(H,21,23)/t13-,17-/m1/s1. The van der Waals surface area contributed by atoms with E-state index >= 15 is 0 Å². The number of aromatic nitrogens is 1. The Hall–Kier alpha value is -2.82. The van der Waals surface area contributed by atoms with Gasteiger partial charge in [-0.2, -0.15) is 0 Å². The monoisotopic (exact) mass is 336 g/mol. The molecule has 0 bridgehead atoms. The molecule has 1 amide bonds. The molecule has 0 radical (unpaired) electrons. The first-order valence-corrected chi connectivity index (χ1v) is 8.60. The Morgan fingerprint density at radius 3 is 2.88 bits per heavy atom. The number of hydrogen-bond donors (Lipinski definition) is 1. The van der Waals surface area contributed by atoms with Gasteiger partial charge < -0.3 is 14.3 Å². The molecular formula is C20H20N2O3. The van der Waals surface area contributed by atoms with Gasteiger partial charge in [0.25, 0.3) is 11.5 Å². The lowest BCUT2D eigenvalue weighted by atomic mass is 9.90. The number of carbonyl (C=O) groups excluding carboxylic acids is 1. The van der Waals surface area contributed by atoms with Crippen molar-refractivity contribution in [3.8, 4) is 0 Å². The van der Waals surface area contributed by atoms with Crippen LogP contribution in [0.3, 0.4) is 0 Å². The second kappa shape index (κ2) is 6.24. The molecule has 1 aliphatic rings. The number of amides is 1. The third-order valence-electron chi connectivity index (χ3n) is 4.98. The van der Waals surface area contributed by atoms with Gasteiger partial charge in [0, 0.05) is 11.9 Å². The van der Waals surface area contributed by atoms with Crippen molar-refractivity contribution in [2.45, 2.75) is 25.8 Å². The molecule has 0 saturated carbocycles. The second-order valence-electron chi connectivity index (χ2n) is 6.76. The summed E-state index contributed by atoms with van der Waals surface area (Å²) in [5, 5.41) is 1.36. The van der Waals surface area contributed by atoms with Gasteiger partial charge in [-0.05, 0) is 48.4 Å². The van der Waals surface area contributed by atoms with Crippen molar-refractivity contribution in [3.05, 3.63) is 70.5 Å². The maximum Gasteiger partial charge on any atom is 0.271 e. The first-order valence-electron chi connectivity index (χ1n) is 8.60. The summed E-state index contributed by atoms with van der Waals surface area (Å²) >= 11 is 0. The van der Waals surface area contributed by atoms with E-state index in [1.54, 1.807) is 18.4 Å². The fourth-order valence-corrected chi connectivity index (χ4v) is 3.62. The van der Waals surface area contributed by atoms with Crippen molar-refractivity contribution in [3.63, 3.8) is 0 Å². The van der Waals surface area contributed by atoms with Gasteiger partial charge in [-0.3, -0.25) is 9.59 Å². The number of aromatic amines is 1.